The van der Waals surface area contributed by atoms with Crippen molar-refractivity contribution in [3.8, 4) is 6.07 Å². The smallest absolute Gasteiger partial charge is 0.274 e. The number of pyridine rings is 1. The summed E-state index contributed by atoms with van der Waals surface area (Å²) in [7, 11) is -3.89. The van der Waals surface area contributed by atoms with Crippen LogP contribution in [0.3, 0.4) is 0 Å². The fraction of sp³-hybridized carbons (Fsp3) is 0.364. The van der Waals surface area contributed by atoms with Gasteiger partial charge in [-0.3, -0.25) is 18.9 Å². The van der Waals surface area contributed by atoms with Gasteiger partial charge in [0, 0.05) is 17.4 Å². The molecule has 174 valence electrons. The number of amidine groups is 1. The van der Waals surface area contributed by atoms with Gasteiger partial charge in [0.05, 0.1) is 5.56 Å². The molecule has 2 heterocycles. The second-order valence-electron chi connectivity index (χ2n) is 8.55. The molecule has 33 heavy (non-hydrogen) atoms. The third-order valence-corrected chi connectivity index (χ3v) is 9.28. The van der Waals surface area contributed by atoms with Crippen LogP contribution in [-0.4, -0.2) is 36.1 Å². The number of rotatable bonds is 3. The van der Waals surface area contributed by atoms with Crippen molar-refractivity contribution in [2.24, 2.45) is 10.7 Å². The lowest BCUT2D eigenvalue weighted by molar-refractivity contribution is 0.102. The molecule has 0 unspecified atom stereocenters. The number of alkyl halides is 1. The maximum atomic E-state index is 15.6. The number of aromatic nitrogens is 1. The number of carbonyl (C=O) groups excluding carboxylic acids is 1. The van der Waals surface area contributed by atoms with Crippen molar-refractivity contribution in [3.05, 3.63) is 58.7 Å². The highest BCUT2D eigenvalue weighted by Gasteiger charge is 2.63. The van der Waals surface area contributed by atoms with Crippen molar-refractivity contribution in [2.75, 3.05) is 5.32 Å². The Labute approximate surface area is 190 Å². The first-order valence-electron chi connectivity index (χ1n) is 10.2. The normalized spacial score (nSPS) is 26.0. The Kier molecular flexibility index (Phi) is 5.43. The standard InChI is InChI=1S/C22H23F2N5O3S/c1-12-8-13(10-25)11-27-17(12)18(30)28-14-4-5-16(23)15(9-14)21(2)19(24)33(31,32)22(6-3-7-22)20(26)29-21/h4-5,8-9,11,19,31-32H,3,6-7H2,1-2H3,(H2,26,29)(H,28,30)/t19-,21+/m0/s1. The van der Waals surface area contributed by atoms with Gasteiger partial charge in [0.2, 0.25) is 5.50 Å². The molecule has 1 spiro atoms. The molecule has 5 N–H and O–H groups in total. The van der Waals surface area contributed by atoms with E-state index in [1.807, 2.05) is 6.07 Å². The van der Waals surface area contributed by atoms with Crippen molar-refractivity contribution in [2.45, 2.75) is 48.9 Å². The van der Waals surface area contributed by atoms with Gasteiger partial charge in [-0.25, -0.2) is 13.8 Å². The van der Waals surface area contributed by atoms with Gasteiger partial charge in [-0.1, -0.05) is 0 Å². The number of aliphatic imine (C=N–C) groups is 1. The summed E-state index contributed by atoms with van der Waals surface area (Å²) in [4.78, 5) is 20.9. The van der Waals surface area contributed by atoms with Gasteiger partial charge in [0.1, 0.15) is 33.7 Å². The molecule has 2 aliphatic rings. The molecule has 1 fully saturated rings. The van der Waals surface area contributed by atoms with E-state index in [1.54, 1.807) is 6.92 Å². The van der Waals surface area contributed by atoms with Crippen LogP contribution in [0.1, 0.15) is 53.4 Å². The lowest BCUT2D eigenvalue weighted by atomic mass is 9.82. The van der Waals surface area contributed by atoms with E-state index in [0.29, 0.717) is 30.4 Å². The monoisotopic (exact) mass is 475 g/mol. The summed E-state index contributed by atoms with van der Waals surface area (Å²) in [6, 6.07) is 6.96. The Hall–Kier alpha value is -3.07. The van der Waals surface area contributed by atoms with Crippen LogP contribution in [0.2, 0.25) is 0 Å². The summed E-state index contributed by atoms with van der Waals surface area (Å²) in [6.07, 6.45) is 2.52. The number of nitrogens with two attached hydrogens (primary N) is 1. The molecule has 1 saturated carbocycles. The van der Waals surface area contributed by atoms with E-state index in [0.717, 1.165) is 6.07 Å². The number of nitrogens with zero attached hydrogens (tertiary/aromatic N) is 3. The predicted molar refractivity (Wildman–Crippen MR) is 121 cm³/mol. The number of hydrogen-bond acceptors (Lipinski definition) is 7. The molecule has 1 aromatic carbocycles. The van der Waals surface area contributed by atoms with E-state index in [9.17, 15) is 18.3 Å². The van der Waals surface area contributed by atoms with E-state index in [2.05, 4.69) is 15.3 Å². The summed E-state index contributed by atoms with van der Waals surface area (Å²) in [6.45, 7) is 2.87. The van der Waals surface area contributed by atoms with Crippen LogP contribution < -0.4 is 11.1 Å². The minimum Gasteiger partial charge on any atom is -0.386 e. The number of benzene rings is 1. The number of nitriles is 1. The molecule has 2 aromatic rings. The lowest BCUT2D eigenvalue weighted by Crippen LogP contribution is -2.61. The molecule has 0 saturated heterocycles. The van der Waals surface area contributed by atoms with Crippen molar-refractivity contribution >= 4 is 28.0 Å². The molecular weight excluding hydrogens is 452 g/mol. The van der Waals surface area contributed by atoms with Crippen molar-refractivity contribution < 1.29 is 22.7 Å². The van der Waals surface area contributed by atoms with Crippen LogP contribution in [0.5, 0.6) is 0 Å². The van der Waals surface area contributed by atoms with Gasteiger partial charge < -0.3 is 11.1 Å². The molecule has 11 heteroatoms. The van der Waals surface area contributed by atoms with Gasteiger partial charge in [0.15, 0.2) is 0 Å². The molecule has 0 bridgehead atoms. The van der Waals surface area contributed by atoms with Crippen LogP contribution in [0.15, 0.2) is 35.5 Å². The molecule has 1 amide bonds. The fourth-order valence-corrected chi connectivity index (χ4v) is 6.83. The van der Waals surface area contributed by atoms with Gasteiger partial charge in [-0.15, -0.1) is 10.6 Å². The van der Waals surface area contributed by atoms with E-state index in [4.69, 9.17) is 11.0 Å². The molecule has 1 aliphatic carbocycles. The lowest BCUT2D eigenvalue weighted by Gasteiger charge is -2.61. The van der Waals surface area contributed by atoms with Gasteiger partial charge in [0.25, 0.3) is 5.91 Å². The Morgan fingerprint density at radius 2 is 2.06 bits per heavy atom. The second-order valence-corrected chi connectivity index (χ2v) is 10.9. The van der Waals surface area contributed by atoms with Crippen LogP contribution in [0, 0.1) is 24.1 Å². The first-order chi connectivity index (χ1) is 15.5. The second kappa shape index (κ2) is 7.76. The zero-order valence-corrected chi connectivity index (χ0v) is 18.8. The van der Waals surface area contributed by atoms with Gasteiger partial charge in [-0.2, -0.15) is 5.26 Å². The number of carbonyl (C=O) groups is 1. The number of anilines is 1. The average Bonchev–Trinajstić information content (AvgIpc) is 2.72. The predicted octanol–water partition coefficient (Wildman–Crippen LogP) is 4.21. The maximum Gasteiger partial charge on any atom is 0.274 e. The van der Waals surface area contributed by atoms with Gasteiger partial charge >= 0.3 is 0 Å². The highest BCUT2D eigenvalue weighted by atomic mass is 32.3. The number of halogens is 2. The van der Waals surface area contributed by atoms with E-state index >= 15 is 4.39 Å². The first kappa shape index (κ1) is 23.1. The quantitative estimate of drug-likeness (QED) is 0.523. The van der Waals surface area contributed by atoms with Crippen molar-refractivity contribution in [3.63, 3.8) is 0 Å². The minimum absolute atomic E-state index is 0.0653. The molecule has 0 radical (unpaired) electrons. The summed E-state index contributed by atoms with van der Waals surface area (Å²) in [5.41, 5.74) is 2.47. The largest absolute Gasteiger partial charge is 0.386 e. The average molecular weight is 476 g/mol. The summed E-state index contributed by atoms with van der Waals surface area (Å²) < 4.78 is 50.8. The molecule has 2 atom stereocenters. The summed E-state index contributed by atoms with van der Waals surface area (Å²) >= 11 is 0. The van der Waals surface area contributed by atoms with Crippen molar-refractivity contribution in [1.82, 2.24) is 4.98 Å². The number of aryl methyl sites for hydroxylation is 1. The molecule has 4 rings (SSSR count). The maximum absolute atomic E-state index is 15.6. The zero-order chi connectivity index (χ0) is 24.2. The topological polar surface area (TPSA) is 145 Å². The molecule has 1 aliphatic heterocycles. The van der Waals surface area contributed by atoms with E-state index in [-0.39, 0.29) is 22.8 Å². The van der Waals surface area contributed by atoms with Crippen molar-refractivity contribution in [1.29, 1.82) is 5.26 Å². The summed E-state index contributed by atoms with van der Waals surface area (Å²) in [5.74, 6) is -1.54. The minimum atomic E-state index is -3.89. The fourth-order valence-electron chi connectivity index (χ4n) is 4.37. The van der Waals surface area contributed by atoms with Crippen LogP contribution in [0.4, 0.5) is 14.5 Å². The Morgan fingerprint density at radius 1 is 1.36 bits per heavy atom. The third-order valence-electron chi connectivity index (χ3n) is 6.48. The molecule has 8 nitrogen and oxygen atoms in total. The van der Waals surface area contributed by atoms with E-state index in [1.165, 1.54) is 31.3 Å². The number of hydrogen-bond donors (Lipinski definition) is 4. The zero-order valence-electron chi connectivity index (χ0n) is 18.0. The SMILES string of the molecule is Cc1cc(C#N)cnc1C(=O)Nc1ccc(F)c([C@@]2(C)N=C(N)C3(CCC3)S(O)(O)[C@@H]2F)c1. The number of amides is 1. The number of nitrogens with one attached hydrogen (secondary N) is 1. The van der Waals surface area contributed by atoms with Crippen LogP contribution in [0.25, 0.3) is 0 Å². The summed E-state index contributed by atoms with van der Waals surface area (Å²) in [5, 5.41) is 11.5. The van der Waals surface area contributed by atoms with Crippen LogP contribution >= 0.6 is 10.6 Å². The molecule has 1 aromatic heterocycles. The third kappa shape index (κ3) is 3.37. The van der Waals surface area contributed by atoms with E-state index < -0.39 is 38.1 Å². The molecular formula is C22H23F2N5O3S. The van der Waals surface area contributed by atoms with Gasteiger partial charge in [-0.05, 0) is 62.9 Å². The highest BCUT2D eigenvalue weighted by molar-refractivity contribution is 8.26. The Balaban J connectivity index is 1.71. The first-order valence-corrected chi connectivity index (χ1v) is 11.8. The Morgan fingerprint density at radius 3 is 2.64 bits per heavy atom. The van der Waals surface area contributed by atoms with Crippen LogP contribution in [-0.2, 0) is 5.54 Å². The Bertz CT molecular complexity index is 1220. The highest BCUT2D eigenvalue weighted by Crippen LogP contribution is 2.70.